The van der Waals surface area contributed by atoms with Gasteiger partial charge in [-0.25, -0.2) is 0 Å². The van der Waals surface area contributed by atoms with Crippen molar-refractivity contribution in [3.63, 3.8) is 0 Å². The van der Waals surface area contributed by atoms with E-state index in [9.17, 15) is 0 Å². The SMILES string of the molecule is CCn1cc(C(C)NCCN(C)C(C)C)cn1. The summed E-state index contributed by atoms with van der Waals surface area (Å²) in [5.41, 5.74) is 1.26. The quantitative estimate of drug-likeness (QED) is 0.787. The maximum atomic E-state index is 4.29. The zero-order chi connectivity index (χ0) is 12.8. The Morgan fingerprint density at radius 1 is 1.41 bits per heavy atom. The normalized spacial score (nSPS) is 13.6. The smallest absolute Gasteiger partial charge is 0.0537 e. The van der Waals surface area contributed by atoms with Crippen molar-refractivity contribution < 1.29 is 0 Å². The van der Waals surface area contributed by atoms with E-state index in [-0.39, 0.29) is 0 Å². The van der Waals surface area contributed by atoms with Crippen LogP contribution in [0.1, 0.15) is 39.3 Å². The average Bonchev–Trinajstić information content (AvgIpc) is 2.77. The monoisotopic (exact) mass is 238 g/mol. The first-order valence-electron chi connectivity index (χ1n) is 6.50. The molecule has 0 saturated heterocycles. The van der Waals surface area contributed by atoms with Gasteiger partial charge in [-0.15, -0.1) is 0 Å². The van der Waals surface area contributed by atoms with Crippen LogP contribution in [0.3, 0.4) is 0 Å². The van der Waals surface area contributed by atoms with Crippen LogP contribution < -0.4 is 5.32 Å². The Kier molecular flexibility index (Phi) is 5.65. The third-order valence-corrected chi connectivity index (χ3v) is 3.27. The summed E-state index contributed by atoms with van der Waals surface area (Å²) < 4.78 is 1.97. The van der Waals surface area contributed by atoms with E-state index in [0.29, 0.717) is 12.1 Å². The number of aryl methyl sites for hydroxylation is 1. The van der Waals surface area contributed by atoms with Gasteiger partial charge in [-0.1, -0.05) is 0 Å². The minimum Gasteiger partial charge on any atom is -0.309 e. The van der Waals surface area contributed by atoms with Crippen LogP contribution in [0.2, 0.25) is 0 Å². The minimum absolute atomic E-state index is 0.371. The second kappa shape index (κ2) is 6.77. The van der Waals surface area contributed by atoms with Gasteiger partial charge in [-0.2, -0.15) is 5.10 Å². The molecule has 0 aliphatic carbocycles. The maximum absolute atomic E-state index is 4.29. The number of nitrogens with zero attached hydrogens (tertiary/aromatic N) is 3. The molecule has 0 amide bonds. The highest BCUT2D eigenvalue weighted by molar-refractivity contribution is 5.09. The molecule has 17 heavy (non-hydrogen) atoms. The Hall–Kier alpha value is -0.870. The van der Waals surface area contributed by atoms with Gasteiger partial charge in [0.1, 0.15) is 0 Å². The van der Waals surface area contributed by atoms with Gasteiger partial charge >= 0.3 is 0 Å². The lowest BCUT2D eigenvalue weighted by atomic mass is 10.2. The zero-order valence-electron chi connectivity index (χ0n) is 11.8. The largest absolute Gasteiger partial charge is 0.309 e. The molecule has 0 fully saturated rings. The summed E-state index contributed by atoms with van der Waals surface area (Å²) in [6.45, 7) is 11.7. The number of rotatable bonds is 7. The molecule has 0 spiro atoms. The van der Waals surface area contributed by atoms with Crippen LogP contribution in [0.15, 0.2) is 12.4 Å². The molecule has 4 heteroatoms. The molecule has 1 atom stereocenters. The summed E-state index contributed by atoms with van der Waals surface area (Å²) in [4.78, 5) is 2.34. The van der Waals surface area contributed by atoms with E-state index < -0.39 is 0 Å². The highest BCUT2D eigenvalue weighted by atomic mass is 15.3. The van der Waals surface area contributed by atoms with E-state index in [4.69, 9.17) is 0 Å². The fourth-order valence-corrected chi connectivity index (χ4v) is 1.61. The average molecular weight is 238 g/mol. The lowest BCUT2D eigenvalue weighted by Gasteiger charge is -2.22. The van der Waals surface area contributed by atoms with Crippen LogP contribution in [0.5, 0.6) is 0 Å². The number of hydrogen-bond donors (Lipinski definition) is 1. The molecule has 1 unspecified atom stereocenters. The van der Waals surface area contributed by atoms with Gasteiger partial charge in [0.05, 0.1) is 6.20 Å². The molecule has 1 N–H and O–H groups in total. The molecule has 1 aromatic heterocycles. The van der Waals surface area contributed by atoms with Crippen molar-refractivity contribution in [2.24, 2.45) is 0 Å². The highest BCUT2D eigenvalue weighted by Crippen LogP contribution is 2.10. The van der Waals surface area contributed by atoms with Crippen molar-refractivity contribution in [1.82, 2.24) is 20.0 Å². The predicted molar refractivity (Wildman–Crippen MR) is 72.1 cm³/mol. The molecule has 1 heterocycles. The van der Waals surface area contributed by atoms with Gasteiger partial charge < -0.3 is 10.2 Å². The van der Waals surface area contributed by atoms with Crippen molar-refractivity contribution in [2.75, 3.05) is 20.1 Å². The second-order valence-electron chi connectivity index (χ2n) is 4.88. The van der Waals surface area contributed by atoms with Crippen LogP contribution in [0.25, 0.3) is 0 Å². The topological polar surface area (TPSA) is 33.1 Å². The fraction of sp³-hybridized carbons (Fsp3) is 0.769. The number of nitrogens with one attached hydrogen (secondary N) is 1. The number of hydrogen-bond acceptors (Lipinski definition) is 3. The van der Waals surface area contributed by atoms with Gasteiger partial charge in [-0.3, -0.25) is 4.68 Å². The third kappa shape index (κ3) is 4.48. The van der Waals surface area contributed by atoms with Crippen LogP contribution in [-0.2, 0) is 6.54 Å². The first-order valence-corrected chi connectivity index (χ1v) is 6.50. The molecule has 0 aromatic carbocycles. The van der Waals surface area contributed by atoms with E-state index in [1.54, 1.807) is 0 Å². The summed E-state index contributed by atoms with van der Waals surface area (Å²) in [7, 11) is 2.16. The number of aromatic nitrogens is 2. The van der Waals surface area contributed by atoms with Crippen molar-refractivity contribution in [2.45, 2.75) is 46.3 Å². The predicted octanol–water partition coefficient (Wildman–Crippen LogP) is 1.89. The molecule has 0 aliphatic heterocycles. The van der Waals surface area contributed by atoms with E-state index >= 15 is 0 Å². The van der Waals surface area contributed by atoms with Gasteiger partial charge in [0.25, 0.3) is 0 Å². The lowest BCUT2D eigenvalue weighted by molar-refractivity contribution is 0.270. The molecule has 0 radical (unpaired) electrons. The van der Waals surface area contributed by atoms with Crippen molar-refractivity contribution in [1.29, 1.82) is 0 Å². The van der Waals surface area contributed by atoms with Gasteiger partial charge in [0.2, 0.25) is 0 Å². The van der Waals surface area contributed by atoms with E-state index in [1.165, 1.54) is 5.56 Å². The Balaban J connectivity index is 2.32. The van der Waals surface area contributed by atoms with E-state index in [2.05, 4.69) is 56.3 Å². The first-order chi connectivity index (χ1) is 8.04. The molecule has 98 valence electrons. The van der Waals surface area contributed by atoms with Gasteiger partial charge in [-0.05, 0) is 34.7 Å². The Bertz CT molecular complexity index is 319. The van der Waals surface area contributed by atoms with E-state index in [0.717, 1.165) is 19.6 Å². The summed E-state index contributed by atoms with van der Waals surface area (Å²) in [6.07, 6.45) is 4.07. The molecule has 4 nitrogen and oxygen atoms in total. The summed E-state index contributed by atoms with van der Waals surface area (Å²) >= 11 is 0. The molecule has 1 rings (SSSR count). The summed E-state index contributed by atoms with van der Waals surface area (Å²) in [6, 6.07) is 0.978. The highest BCUT2D eigenvalue weighted by Gasteiger charge is 2.08. The van der Waals surface area contributed by atoms with Crippen LogP contribution in [0.4, 0.5) is 0 Å². The van der Waals surface area contributed by atoms with E-state index in [1.807, 2.05) is 10.9 Å². The standard InChI is InChI=1S/C13H26N4/c1-6-17-10-13(9-15-17)12(4)14-7-8-16(5)11(2)3/h9-12,14H,6-8H2,1-5H3. The third-order valence-electron chi connectivity index (χ3n) is 3.27. The maximum Gasteiger partial charge on any atom is 0.0537 e. The molecule has 0 saturated carbocycles. The minimum atomic E-state index is 0.371. The van der Waals surface area contributed by atoms with Gasteiger partial charge in [0.15, 0.2) is 0 Å². The van der Waals surface area contributed by atoms with Crippen molar-refractivity contribution in [3.05, 3.63) is 18.0 Å². The molecule has 1 aromatic rings. The Morgan fingerprint density at radius 2 is 2.12 bits per heavy atom. The molecule has 0 aliphatic rings. The lowest BCUT2D eigenvalue weighted by Crippen LogP contribution is -2.34. The Labute approximate surface area is 105 Å². The van der Waals surface area contributed by atoms with Crippen LogP contribution in [0, 0.1) is 0 Å². The zero-order valence-corrected chi connectivity index (χ0v) is 11.8. The van der Waals surface area contributed by atoms with Crippen molar-refractivity contribution >= 4 is 0 Å². The van der Waals surface area contributed by atoms with Crippen LogP contribution in [-0.4, -0.2) is 40.9 Å². The van der Waals surface area contributed by atoms with Gasteiger partial charge in [0, 0.05) is 43.5 Å². The van der Waals surface area contributed by atoms with Crippen molar-refractivity contribution in [3.8, 4) is 0 Å². The fourth-order valence-electron chi connectivity index (χ4n) is 1.61. The summed E-state index contributed by atoms with van der Waals surface area (Å²) in [5.74, 6) is 0. The first kappa shape index (κ1) is 14.2. The Morgan fingerprint density at radius 3 is 2.65 bits per heavy atom. The second-order valence-corrected chi connectivity index (χ2v) is 4.88. The van der Waals surface area contributed by atoms with Crippen LogP contribution >= 0.6 is 0 Å². The number of likely N-dealkylation sites (N-methyl/N-ethyl adjacent to an activating group) is 1. The molecular formula is C13H26N4. The summed E-state index contributed by atoms with van der Waals surface area (Å²) in [5, 5.41) is 7.82. The molecule has 0 bridgehead atoms. The molecular weight excluding hydrogens is 212 g/mol.